The van der Waals surface area contributed by atoms with Crippen molar-refractivity contribution in [3.8, 4) is 5.69 Å². The number of carbonyl (C=O) groups excluding carboxylic acids is 4. The number of alkyl halides is 3. The number of esters is 2. The molecule has 14 heteroatoms. The van der Waals surface area contributed by atoms with Gasteiger partial charge in [0, 0.05) is 32.5 Å². The highest BCUT2D eigenvalue weighted by Crippen LogP contribution is 2.42. The zero-order valence-corrected chi connectivity index (χ0v) is 28.1. The molecule has 11 nitrogen and oxygen atoms in total. The highest BCUT2D eigenvalue weighted by molar-refractivity contribution is 6.01. The van der Waals surface area contributed by atoms with Crippen LogP contribution in [-0.4, -0.2) is 83.7 Å². The molecule has 2 N–H and O–H groups in total. The first-order valence-electron chi connectivity index (χ1n) is 16.0. The Balaban J connectivity index is 1.60. The Labute approximate surface area is 278 Å². The number of halogens is 3. The van der Waals surface area contributed by atoms with Gasteiger partial charge in [-0.25, -0.2) is 4.68 Å². The topological polar surface area (TPSA) is 137 Å². The highest BCUT2D eigenvalue weighted by Gasteiger charge is 2.45. The minimum atomic E-state index is -4.84. The molecule has 1 heterocycles. The third-order valence-corrected chi connectivity index (χ3v) is 8.62. The number of nitrogens with zero attached hydrogens (tertiary/aromatic N) is 4. The molecule has 0 bridgehead atoms. The van der Waals surface area contributed by atoms with E-state index < -0.39 is 52.6 Å². The molecule has 0 spiro atoms. The third kappa shape index (κ3) is 8.63. The molecule has 1 atom stereocenters. The summed E-state index contributed by atoms with van der Waals surface area (Å²) in [6.07, 6.45) is -1.94. The number of nitrogens with two attached hydrogens (primary N) is 1. The van der Waals surface area contributed by atoms with Crippen LogP contribution in [0.5, 0.6) is 0 Å². The number of amides is 1. The monoisotopic (exact) mass is 675 g/mol. The van der Waals surface area contributed by atoms with Gasteiger partial charge in [0.2, 0.25) is 0 Å². The Morgan fingerprint density at radius 2 is 1.83 bits per heavy atom. The van der Waals surface area contributed by atoms with E-state index in [1.165, 1.54) is 19.1 Å². The molecule has 48 heavy (non-hydrogen) atoms. The van der Waals surface area contributed by atoms with Crippen LogP contribution in [0, 0.1) is 5.41 Å². The minimum Gasteiger partial charge on any atom is -0.462 e. The van der Waals surface area contributed by atoms with Gasteiger partial charge in [0.1, 0.15) is 12.2 Å². The smallest absolute Gasteiger partial charge is 0.435 e. The van der Waals surface area contributed by atoms with Crippen LogP contribution in [0.15, 0.2) is 30.9 Å². The lowest BCUT2D eigenvalue weighted by Gasteiger charge is -2.38. The SMILES string of the molecule is C=CCN(c1cc(-n2nc(C(F)(F)F)c3c2CC(C)(C)CC3=O)ccc1C(N)=O)[C@H]1CC[C@@H](OC(=O)CC(CN(C)C)OC(C)=O)CC1. The molecule has 1 amide bonds. The van der Waals surface area contributed by atoms with Gasteiger partial charge in [0.25, 0.3) is 5.91 Å². The fourth-order valence-corrected chi connectivity index (χ4v) is 6.72. The van der Waals surface area contributed by atoms with Crippen LogP contribution in [0.1, 0.15) is 91.4 Å². The number of fused-ring (bicyclic) bond motifs is 1. The fourth-order valence-electron chi connectivity index (χ4n) is 6.72. The van der Waals surface area contributed by atoms with Gasteiger partial charge in [-0.1, -0.05) is 19.9 Å². The summed E-state index contributed by atoms with van der Waals surface area (Å²) in [6, 6.07) is 4.37. The lowest BCUT2D eigenvalue weighted by atomic mass is 9.75. The predicted molar refractivity (Wildman–Crippen MR) is 172 cm³/mol. The van der Waals surface area contributed by atoms with Gasteiger partial charge in [-0.05, 0) is 69.8 Å². The molecule has 2 aliphatic rings. The third-order valence-electron chi connectivity index (χ3n) is 8.62. The zero-order chi connectivity index (χ0) is 35.6. The number of aromatic nitrogens is 2. The van der Waals surface area contributed by atoms with E-state index >= 15 is 0 Å². The van der Waals surface area contributed by atoms with Crippen LogP contribution in [0.25, 0.3) is 5.69 Å². The number of hydrogen-bond donors (Lipinski definition) is 1. The van der Waals surface area contributed by atoms with Crippen LogP contribution in [0.2, 0.25) is 0 Å². The van der Waals surface area contributed by atoms with E-state index in [0.29, 0.717) is 44.5 Å². The molecule has 1 saturated carbocycles. The molecular weight excluding hydrogens is 631 g/mol. The summed E-state index contributed by atoms with van der Waals surface area (Å²) in [7, 11) is 3.61. The van der Waals surface area contributed by atoms with Crippen LogP contribution >= 0.6 is 0 Å². The largest absolute Gasteiger partial charge is 0.462 e. The summed E-state index contributed by atoms with van der Waals surface area (Å²) in [4.78, 5) is 53.5. The predicted octanol–water partition coefficient (Wildman–Crippen LogP) is 4.88. The Bertz CT molecular complexity index is 1560. The molecule has 0 aliphatic heterocycles. The number of benzene rings is 1. The summed E-state index contributed by atoms with van der Waals surface area (Å²) in [5.41, 5.74) is 4.53. The number of anilines is 1. The minimum absolute atomic E-state index is 0.0331. The van der Waals surface area contributed by atoms with Crippen molar-refractivity contribution in [3.63, 3.8) is 0 Å². The molecule has 1 aromatic carbocycles. The fraction of sp³-hybridized carbons (Fsp3) is 0.559. The van der Waals surface area contributed by atoms with Gasteiger partial charge in [0.15, 0.2) is 11.5 Å². The molecule has 0 radical (unpaired) electrons. The number of carbonyl (C=O) groups is 4. The summed E-state index contributed by atoms with van der Waals surface area (Å²) in [6.45, 7) is 9.45. The van der Waals surface area contributed by atoms with Crippen molar-refractivity contribution < 1.29 is 41.8 Å². The average molecular weight is 676 g/mol. The highest BCUT2D eigenvalue weighted by atomic mass is 19.4. The van der Waals surface area contributed by atoms with Crippen LogP contribution in [-0.2, 0) is 31.7 Å². The quantitative estimate of drug-likeness (QED) is 0.247. The second-order valence-electron chi connectivity index (χ2n) is 13.6. The van der Waals surface area contributed by atoms with Crippen molar-refractivity contribution in [2.45, 2.75) is 90.1 Å². The lowest BCUT2D eigenvalue weighted by molar-refractivity contribution is -0.158. The summed E-state index contributed by atoms with van der Waals surface area (Å²) in [5, 5.41) is 3.91. The van der Waals surface area contributed by atoms with Crippen molar-refractivity contribution in [2.24, 2.45) is 11.1 Å². The average Bonchev–Trinajstić information content (AvgIpc) is 3.35. The van der Waals surface area contributed by atoms with Crippen molar-refractivity contribution in [2.75, 3.05) is 32.1 Å². The summed E-state index contributed by atoms with van der Waals surface area (Å²) >= 11 is 0. The number of hydrogen-bond acceptors (Lipinski definition) is 9. The number of rotatable bonds is 12. The maximum atomic E-state index is 14.1. The van der Waals surface area contributed by atoms with E-state index in [1.807, 2.05) is 37.7 Å². The molecule has 1 aromatic heterocycles. The van der Waals surface area contributed by atoms with Gasteiger partial charge in [-0.2, -0.15) is 18.3 Å². The van der Waals surface area contributed by atoms with E-state index in [4.69, 9.17) is 15.2 Å². The summed E-state index contributed by atoms with van der Waals surface area (Å²) in [5.74, 6) is -2.29. The Morgan fingerprint density at radius 3 is 2.40 bits per heavy atom. The Morgan fingerprint density at radius 1 is 1.17 bits per heavy atom. The lowest BCUT2D eigenvalue weighted by Crippen LogP contribution is -2.41. The molecule has 1 fully saturated rings. The van der Waals surface area contributed by atoms with Crippen LogP contribution < -0.4 is 10.6 Å². The number of ether oxygens (including phenoxy) is 2. The number of ketones is 1. The van der Waals surface area contributed by atoms with Crippen LogP contribution in [0.3, 0.4) is 0 Å². The van der Waals surface area contributed by atoms with Crippen molar-refractivity contribution in [1.82, 2.24) is 14.7 Å². The van der Waals surface area contributed by atoms with Gasteiger partial charge < -0.3 is 25.0 Å². The maximum Gasteiger partial charge on any atom is 0.435 e. The second kappa shape index (κ2) is 14.5. The maximum absolute atomic E-state index is 14.1. The van der Waals surface area contributed by atoms with E-state index in [9.17, 15) is 32.3 Å². The normalized spacial score (nSPS) is 19.7. The van der Waals surface area contributed by atoms with E-state index in [1.54, 1.807) is 12.1 Å². The van der Waals surface area contributed by atoms with Gasteiger partial charge in [0.05, 0.1) is 34.6 Å². The molecular formula is C34H44F3N5O6. The number of Topliss-reactive ketones (excluding diaryl/α,β-unsaturated/α-hetero) is 1. The van der Waals surface area contributed by atoms with Crippen molar-refractivity contribution in [1.29, 1.82) is 0 Å². The van der Waals surface area contributed by atoms with E-state index in [0.717, 1.165) is 4.68 Å². The van der Waals surface area contributed by atoms with Gasteiger partial charge >= 0.3 is 18.1 Å². The standard InChI is InChI=1S/C34H44F3N5O6/c1-7-14-41(21-8-11-23(12-9-21)48-29(45)16-24(19-40(5)6)47-20(2)43)26-15-22(10-13-25(26)32(38)46)42-27-17-33(3,4)18-28(44)30(27)31(39-42)34(35,36)37/h7,10,13,15,21,23-24H,1,8-9,11-12,14,16-19H2,2-6H3,(H2,38,46)/t21-,23+,24?. The molecule has 2 aromatic rings. The van der Waals surface area contributed by atoms with Gasteiger partial charge in [-0.15, -0.1) is 6.58 Å². The van der Waals surface area contributed by atoms with Gasteiger partial charge in [-0.3, -0.25) is 19.2 Å². The molecule has 262 valence electrons. The Kier molecular flexibility index (Phi) is 11.1. The van der Waals surface area contributed by atoms with E-state index in [2.05, 4.69) is 11.7 Å². The van der Waals surface area contributed by atoms with Crippen LogP contribution in [0.4, 0.5) is 18.9 Å². The second-order valence-corrected chi connectivity index (χ2v) is 13.6. The molecule has 4 rings (SSSR count). The summed E-state index contributed by atoms with van der Waals surface area (Å²) < 4.78 is 54.5. The first-order chi connectivity index (χ1) is 22.4. The number of likely N-dealkylation sites (N-methyl/N-ethyl adjacent to an activating group) is 1. The first-order valence-corrected chi connectivity index (χ1v) is 16.0. The molecule has 0 saturated heterocycles. The Hall–Kier alpha value is -4.20. The molecule has 2 aliphatic carbocycles. The molecule has 1 unspecified atom stereocenters. The van der Waals surface area contributed by atoms with Crippen molar-refractivity contribution >= 4 is 29.3 Å². The van der Waals surface area contributed by atoms with Crippen molar-refractivity contribution in [3.05, 3.63) is 53.4 Å². The zero-order valence-electron chi connectivity index (χ0n) is 28.1. The number of primary amides is 1. The first kappa shape index (κ1) is 36.6. The van der Waals surface area contributed by atoms with E-state index in [-0.39, 0.29) is 48.4 Å².